The third-order valence-electron chi connectivity index (χ3n) is 7.42. The number of thiazole rings is 2. The van der Waals surface area contributed by atoms with Gasteiger partial charge < -0.3 is 10.6 Å². The first-order valence-electron chi connectivity index (χ1n) is 13.4. The van der Waals surface area contributed by atoms with E-state index in [4.69, 9.17) is 4.98 Å². The van der Waals surface area contributed by atoms with Crippen LogP contribution in [0.25, 0.3) is 38.7 Å². The van der Waals surface area contributed by atoms with Gasteiger partial charge in [0.1, 0.15) is 0 Å². The monoisotopic (exact) mass is 578 g/mol. The molecule has 1 aliphatic heterocycles. The number of rotatable bonds is 6. The number of fused-ring (bicyclic) bond motifs is 1. The Balaban J connectivity index is 1.27. The van der Waals surface area contributed by atoms with Crippen molar-refractivity contribution in [1.82, 2.24) is 34.8 Å². The molecule has 1 aliphatic rings. The highest BCUT2D eigenvalue weighted by Gasteiger charge is 2.19. The second-order valence-electron chi connectivity index (χ2n) is 10.0. The number of benzene rings is 1. The molecule has 1 saturated heterocycles. The number of hydrogen-bond donors (Lipinski definition) is 2. The number of hydrogen-bond acceptors (Lipinski definition) is 10. The number of pyridine rings is 2. The molecule has 6 heterocycles. The van der Waals surface area contributed by atoms with Crippen LogP contribution in [0.1, 0.15) is 29.9 Å². The molecule has 41 heavy (non-hydrogen) atoms. The Morgan fingerprint density at radius 2 is 1.83 bits per heavy atom. The van der Waals surface area contributed by atoms with Gasteiger partial charge in [0.15, 0.2) is 10.8 Å². The van der Waals surface area contributed by atoms with Crippen LogP contribution in [-0.4, -0.2) is 42.6 Å². The van der Waals surface area contributed by atoms with Crippen LogP contribution in [-0.2, 0) is 0 Å². The van der Waals surface area contributed by atoms with Crippen molar-refractivity contribution in [2.75, 3.05) is 18.4 Å². The second kappa shape index (κ2) is 10.9. The average molecular weight is 579 g/mol. The maximum Gasteiger partial charge on any atom is 0.266 e. The molecule has 7 rings (SSSR count). The number of piperidine rings is 1. The Bertz CT molecular complexity index is 1880. The first-order valence-corrected chi connectivity index (χ1v) is 15.2. The van der Waals surface area contributed by atoms with Gasteiger partial charge >= 0.3 is 0 Å². The van der Waals surface area contributed by atoms with Crippen molar-refractivity contribution >= 4 is 45.3 Å². The predicted molar refractivity (Wildman–Crippen MR) is 164 cm³/mol. The van der Waals surface area contributed by atoms with Crippen LogP contribution >= 0.6 is 22.7 Å². The molecule has 0 radical (unpaired) electrons. The minimum absolute atomic E-state index is 0.213. The highest BCUT2D eigenvalue weighted by Crippen LogP contribution is 2.29. The zero-order valence-corrected chi connectivity index (χ0v) is 23.9. The largest absolute Gasteiger partial charge is 0.324 e. The van der Waals surface area contributed by atoms with Gasteiger partial charge in [-0.05, 0) is 74.2 Å². The van der Waals surface area contributed by atoms with Crippen LogP contribution in [0, 0.1) is 6.92 Å². The zero-order valence-electron chi connectivity index (χ0n) is 22.2. The fraction of sp³-hybridized carbons (Fsp3) is 0.200. The van der Waals surface area contributed by atoms with E-state index in [0.29, 0.717) is 28.2 Å². The summed E-state index contributed by atoms with van der Waals surface area (Å²) in [6, 6.07) is 12.3. The van der Waals surface area contributed by atoms with Gasteiger partial charge in [-0.3, -0.25) is 9.78 Å². The van der Waals surface area contributed by atoms with Gasteiger partial charge in [0.25, 0.3) is 5.56 Å². The van der Waals surface area contributed by atoms with Gasteiger partial charge in [-0.1, -0.05) is 12.1 Å². The Kier molecular flexibility index (Phi) is 6.83. The number of aryl methyl sites for hydroxylation is 1. The molecule has 0 unspecified atom stereocenters. The summed E-state index contributed by atoms with van der Waals surface area (Å²) in [5.74, 6) is 1.00. The van der Waals surface area contributed by atoms with Crippen LogP contribution in [0.4, 0.5) is 11.6 Å². The fourth-order valence-corrected chi connectivity index (χ4v) is 6.48. The quantitative estimate of drug-likeness (QED) is 0.250. The Hall–Kier alpha value is -4.32. The average Bonchev–Trinajstić information content (AvgIpc) is 3.74. The van der Waals surface area contributed by atoms with Gasteiger partial charge in [-0.25, -0.2) is 19.5 Å². The molecule has 9 nitrogen and oxygen atoms in total. The van der Waals surface area contributed by atoms with Crippen molar-refractivity contribution < 1.29 is 0 Å². The lowest BCUT2D eigenvalue weighted by atomic mass is 9.90. The molecule has 11 heteroatoms. The van der Waals surface area contributed by atoms with E-state index in [1.165, 1.54) is 28.2 Å². The topological polar surface area (TPSA) is 111 Å². The summed E-state index contributed by atoms with van der Waals surface area (Å²) in [6.45, 7) is 4.10. The fourth-order valence-electron chi connectivity index (χ4n) is 5.29. The maximum absolute atomic E-state index is 14.0. The minimum atomic E-state index is -0.213. The van der Waals surface area contributed by atoms with E-state index < -0.39 is 0 Å². The molecule has 0 atom stereocenters. The first-order chi connectivity index (χ1) is 20.1. The van der Waals surface area contributed by atoms with Crippen LogP contribution in [0.3, 0.4) is 0 Å². The van der Waals surface area contributed by atoms with Crippen molar-refractivity contribution in [2.24, 2.45) is 0 Å². The van der Waals surface area contributed by atoms with Crippen LogP contribution in [0.5, 0.6) is 0 Å². The van der Waals surface area contributed by atoms with E-state index >= 15 is 0 Å². The minimum Gasteiger partial charge on any atom is -0.324 e. The normalized spacial score (nSPS) is 14.0. The summed E-state index contributed by atoms with van der Waals surface area (Å²) >= 11 is 2.90. The number of aromatic nitrogens is 6. The van der Waals surface area contributed by atoms with E-state index in [1.807, 2.05) is 29.8 Å². The molecular weight excluding hydrogens is 553 g/mol. The zero-order chi connectivity index (χ0) is 27.8. The second-order valence-corrected chi connectivity index (χ2v) is 11.6. The van der Waals surface area contributed by atoms with E-state index in [0.717, 1.165) is 59.5 Å². The van der Waals surface area contributed by atoms with E-state index in [2.05, 4.69) is 54.8 Å². The summed E-state index contributed by atoms with van der Waals surface area (Å²) in [7, 11) is 0. The number of anilines is 2. The lowest BCUT2D eigenvalue weighted by molar-refractivity contribution is 0.460. The molecule has 0 saturated carbocycles. The van der Waals surface area contributed by atoms with E-state index in [-0.39, 0.29) is 5.56 Å². The molecular formula is C30H26N8OS2. The molecule has 0 aliphatic carbocycles. The highest BCUT2D eigenvalue weighted by atomic mass is 32.1. The van der Waals surface area contributed by atoms with Crippen LogP contribution in [0.15, 0.2) is 76.1 Å². The summed E-state index contributed by atoms with van der Waals surface area (Å²) < 4.78 is 1.57. The maximum atomic E-state index is 14.0. The molecule has 6 aromatic rings. The first kappa shape index (κ1) is 25.6. The van der Waals surface area contributed by atoms with E-state index in [1.54, 1.807) is 28.7 Å². The van der Waals surface area contributed by atoms with Crippen molar-refractivity contribution in [2.45, 2.75) is 25.7 Å². The predicted octanol–water partition coefficient (Wildman–Crippen LogP) is 5.94. The van der Waals surface area contributed by atoms with Gasteiger partial charge in [-0.15, -0.1) is 22.7 Å². The SMILES string of the molecule is Cc1cc(-c2cscn2)ncc1-c1cc2cnc(Nc3ccc(C4CCNCC4)cc3)nc2n(-c2nccs2)c1=O. The van der Waals surface area contributed by atoms with Gasteiger partial charge in [0.05, 0.1) is 22.5 Å². The van der Waals surface area contributed by atoms with Crippen molar-refractivity contribution in [1.29, 1.82) is 0 Å². The number of nitrogens with zero attached hydrogens (tertiary/aromatic N) is 6. The van der Waals surface area contributed by atoms with Gasteiger partial charge in [0.2, 0.25) is 5.95 Å². The Morgan fingerprint density at radius 1 is 0.976 bits per heavy atom. The molecule has 0 amide bonds. The standard InChI is InChI=1S/C30H26N8OS2/c1-18-12-25(26-16-40-17-35-26)33-15-24(18)23-13-21-14-34-29(37-27(21)38(28(23)39)30-32-10-11-41-30)36-22-4-2-19(3-5-22)20-6-8-31-9-7-20/h2-5,10-17,20,31H,6-9H2,1H3,(H,34,36,37). The molecule has 2 N–H and O–H groups in total. The van der Waals surface area contributed by atoms with Crippen LogP contribution < -0.4 is 16.2 Å². The lowest BCUT2D eigenvalue weighted by Gasteiger charge is -2.23. The van der Waals surface area contributed by atoms with Gasteiger partial charge in [-0.2, -0.15) is 4.98 Å². The highest BCUT2D eigenvalue weighted by molar-refractivity contribution is 7.12. The Labute approximate surface area is 244 Å². The summed E-state index contributed by atoms with van der Waals surface area (Å²) in [5.41, 5.74) is 8.08. The molecule has 5 aromatic heterocycles. The van der Waals surface area contributed by atoms with Crippen molar-refractivity contribution in [3.8, 4) is 27.6 Å². The Morgan fingerprint density at radius 3 is 2.56 bits per heavy atom. The van der Waals surface area contributed by atoms with E-state index in [9.17, 15) is 4.79 Å². The third kappa shape index (κ3) is 5.03. The van der Waals surface area contributed by atoms with Crippen LogP contribution in [0.2, 0.25) is 0 Å². The summed E-state index contributed by atoms with van der Waals surface area (Å²) in [5, 5.41) is 11.8. The van der Waals surface area contributed by atoms with Crippen molar-refractivity contribution in [3.05, 3.63) is 92.7 Å². The number of nitrogens with one attached hydrogen (secondary N) is 2. The molecule has 1 fully saturated rings. The molecule has 1 aromatic carbocycles. The molecule has 0 spiro atoms. The smallest absolute Gasteiger partial charge is 0.266 e. The van der Waals surface area contributed by atoms with Gasteiger partial charge in [0, 0.05) is 46.0 Å². The summed E-state index contributed by atoms with van der Waals surface area (Å²) in [6.07, 6.45) is 7.48. The lowest BCUT2D eigenvalue weighted by Crippen LogP contribution is -2.26. The third-order valence-corrected chi connectivity index (χ3v) is 8.77. The molecule has 204 valence electrons. The van der Waals surface area contributed by atoms with Crippen molar-refractivity contribution in [3.63, 3.8) is 0 Å². The molecule has 0 bridgehead atoms. The summed E-state index contributed by atoms with van der Waals surface area (Å²) in [4.78, 5) is 36.8.